The molecule has 0 aromatic heterocycles. The normalized spacial score (nSPS) is 12.6. The molecule has 0 heterocycles. The molecule has 468 valence electrons. The van der Waals surface area contributed by atoms with Crippen LogP contribution >= 0.6 is 0 Å². The highest BCUT2D eigenvalue weighted by Gasteiger charge is 2.20. The second-order valence-electron chi connectivity index (χ2n) is 24.9. The highest BCUT2D eigenvalue weighted by atomic mass is 16.5. The molecule has 0 saturated carbocycles. The van der Waals surface area contributed by atoms with E-state index in [1.165, 1.54) is 321 Å². The Morgan fingerprint density at radius 2 is 0.633 bits per heavy atom. The summed E-state index contributed by atoms with van der Waals surface area (Å²) in [6.07, 6.45) is 86.6. The van der Waals surface area contributed by atoms with E-state index >= 15 is 0 Å². The van der Waals surface area contributed by atoms with Crippen LogP contribution in [0, 0.1) is 0 Å². The van der Waals surface area contributed by atoms with Crippen molar-refractivity contribution in [2.75, 3.05) is 13.2 Å². The molecule has 79 heavy (non-hydrogen) atoms. The lowest BCUT2D eigenvalue weighted by atomic mass is 10.0. The van der Waals surface area contributed by atoms with Crippen LogP contribution < -0.4 is 5.32 Å². The van der Waals surface area contributed by atoms with Gasteiger partial charge in [0.2, 0.25) is 5.91 Å². The van der Waals surface area contributed by atoms with Gasteiger partial charge in [0.05, 0.1) is 25.4 Å². The van der Waals surface area contributed by atoms with E-state index in [1.54, 1.807) is 0 Å². The number of allylic oxidation sites excluding steroid dienone is 4. The number of aliphatic hydroxyl groups is 2. The number of carbonyl (C=O) groups excluding carboxylic acids is 2. The smallest absolute Gasteiger partial charge is 0.305 e. The van der Waals surface area contributed by atoms with Crippen LogP contribution in [0.25, 0.3) is 0 Å². The van der Waals surface area contributed by atoms with E-state index in [4.69, 9.17) is 4.74 Å². The largest absolute Gasteiger partial charge is 0.466 e. The van der Waals surface area contributed by atoms with Crippen molar-refractivity contribution in [2.45, 2.75) is 418 Å². The predicted molar refractivity (Wildman–Crippen MR) is 347 cm³/mol. The lowest BCUT2D eigenvalue weighted by Crippen LogP contribution is -2.45. The third kappa shape index (κ3) is 65.4. The number of nitrogens with one attached hydrogen (secondary N) is 1. The number of rotatable bonds is 68. The van der Waals surface area contributed by atoms with Gasteiger partial charge >= 0.3 is 5.97 Å². The number of hydrogen-bond acceptors (Lipinski definition) is 5. The zero-order valence-corrected chi connectivity index (χ0v) is 53.6. The number of amides is 1. The predicted octanol–water partition coefficient (Wildman–Crippen LogP) is 23.3. The lowest BCUT2D eigenvalue weighted by Gasteiger charge is -2.22. The van der Waals surface area contributed by atoms with Crippen molar-refractivity contribution in [3.05, 3.63) is 24.3 Å². The number of hydrogen-bond donors (Lipinski definition) is 3. The van der Waals surface area contributed by atoms with Crippen LogP contribution in [0.3, 0.4) is 0 Å². The van der Waals surface area contributed by atoms with Crippen LogP contribution in [0.15, 0.2) is 24.3 Å². The van der Waals surface area contributed by atoms with Gasteiger partial charge in [0.15, 0.2) is 0 Å². The molecule has 6 nitrogen and oxygen atoms in total. The van der Waals surface area contributed by atoms with Crippen molar-refractivity contribution in [1.82, 2.24) is 5.32 Å². The summed E-state index contributed by atoms with van der Waals surface area (Å²) in [5, 5.41) is 23.3. The first-order chi connectivity index (χ1) is 39.0. The molecule has 0 aliphatic heterocycles. The van der Waals surface area contributed by atoms with Gasteiger partial charge in [0.1, 0.15) is 0 Å². The minimum absolute atomic E-state index is 0.0158. The molecule has 0 radical (unpaired) electrons. The Morgan fingerprint density at radius 3 is 0.987 bits per heavy atom. The van der Waals surface area contributed by atoms with Crippen molar-refractivity contribution in [1.29, 1.82) is 0 Å². The Kier molecular flexibility index (Phi) is 67.4. The molecular formula is C73H141NO5. The van der Waals surface area contributed by atoms with Crippen molar-refractivity contribution in [3.63, 3.8) is 0 Å². The molecule has 0 spiro atoms. The Bertz CT molecular complexity index is 1230. The minimum Gasteiger partial charge on any atom is -0.466 e. The summed E-state index contributed by atoms with van der Waals surface area (Å²) in [4.78, 5) is 24.6. The molecule has 2 unspecified atom stereocenters. The van der Waals surface area contributed by atoms with Crippen molar-refractivity contribution in [3.8, 4) is 0 Å². The van der Waals surface area contributed by atoms with Gasteiger partial charge in [-0.3, -0.25) is 9.59 Å². The molecule has 1 amide bonds. The SMILES string of the molecule is CCCCC/C=C\C/C=C\CCCCCCCCCCCC(=O)OCCCCCCCCCCCCCCCCCCCCCCCCCCCCCCC(=O)NC(CO)C(O)CCCCCCCCCCCCCCCCC. The molecule has 0 bridgehead atoms. The fraction of sp³-hybridized carbons (Fsp3) is 0.918. The fourth-order valence-corrected chi connectivity index (χ4v) is 11.5. The highest BCUT2D eigenvalue weighted by Crippen LogP contribution is 2.19. The summed E-state index contributed by atoms with van der Waals surface area (Å²) >= 11 is 0. The van der Waals surface area contributed by atoms with Crippen LogP contribution in [0.2, 0.25) is 0 Å². The van der Waals surface area contributed by atoms with Crippen LogP contribution in [0.5, 0.6) is 0 Å². The highest BCUT2D eigenvalue weighted by molar-refractivity contribution is 5.76. The Hall–Kier alpha value is -1.66. The monoisotopic (exact) mass is 1110 g/mol. The van der Waals surface area contributed by atoms with Crippen LogP contribution in [0.1, 0.15) is 406 Å². The van der Waals surface area contributed by atoms with Crippen molar-refractivity contribution >= 4 is 11.9 Å². The third-order valence-electron chi connectivity index (χ3n) is 17.0. The number of esters is 1. The average molecular weight is 1110 g/mol. The maximum atomic E-state index is 12.5. The first kappa shape index (κ1) is 77.3. The lowest BCUT2D eigenvalue weighted by molar-refractivity contribution is -0.143. The molecular weight excluding hydrogens is 971 g/mol. The van der Waals surface area contributed by atoms with Gasteiger partial charge in [-0.2, -0.15) is 0 Å². The molecule has 2 atom stereocenters. The van der Waals surface area contributed by atoms with Gasteiger partial charge < -0.3 is 20.3 Å². The quantitative estimate of drug-likeness (QED) is 0.0320. The summed E-state index contributed by atoms with van der Waals surface area (Å²) in [5.74, 6) is -0.0129. The van der Waals surface area contributed by atoms with Gasteiger partial charge in [-0.25, -0.2) is 0 Å². The molecule has 0 aliphatic carbocycles. The molecule has 0 aliphatic rings. The molecule has 0 aromatic rings. The van der Waals surface area contributed by atoms with Crippen molar-refractivity contribution < 1.29 is 24.5 Å². The summed E-state index contributed by atoms with van der Waals surface area (Å²) < 4.78 is 5.51. The van der Waals surface area contributed by atoms with Crippen molar-refractivity contribution in [2.24, 2.45) is 0 Å². The van der Waals surface area contributed by atoms with Gasteiger partial charge in [0.25, 0.3) is 0 Å². The van der Waals surface area contributed by atoms with E-state index < -0.39 is 12.1 Å². The molecule has 0 aromatic carbocycles. The molecule has 0 rings (SSSR count). The van der Waals surface area contributed by atoms with E-state index in [-0.39, 0.29) is 18.5 Å². The molecule has 3 N–H and O–H groups in total. The van der Waals surface area contributed by atoms with Gasteiger partial charge in [-0.05, 0) is 57.8 Å². The van der Waals surface area contributed by atoms with Gasteiger partial charge in [-0.15, -0.1) is 0 Å². The summed E-state index contributed by atoms with van der Waals surface area (Å²) in [7, 11) is 0. The zero-order chi connectivity index (χ0) is 57.1. The van der Waals surface area contributed by atoms with Crippen LogP contribution in [-0.2, 0) is 14.3 Å². The number of ether oxygens (including phenoxy) is 1. The standard InChI is InChI=1S/C73H141NO5/c1-3-5-7-9-11-13-15-17-19-20-31-35-39-43-47-51-55-59-63-67-73(78)79-68-64-60-56-52-48-44-40-36-33-30-28-26-24-22-21-23-25-27-29-32-34-38-42-46-50-54-58-62-66-72(77)74-70(69-75)71(76)65-61-57-53-49-45-41-37-18-16-14-12-10-8-6-4-2/h11,13,17,19,70-71,75-76H,3-10,12,14-16,18,20-69H2,1-2H3,(H,74,77)/b13-11-,19-17-. The van der Waals surface area contributed by atoms with Crippen LogP contribution in [-0.4, -0.2) is 47.4 Å². The molecule has 0 fully saturated rings. The third-order valence-corrected chi connectivity index (χ3v) is 17.0. The Morgan fingerprint density at radius 1 is 0.354 bits per heavy atom. The topological polar surface area (TPSA) is 95.9 Å². The first-order valence-electron chi connectivity index (χ1n) is 36.1. The maximum absolute atomic E-state index is 12.5. The number of carbonyl (C=O) groups is 2. The van der Waals surface area contributed by atoms with E-state index in [0.29, 0.717) is 25.9 Å². The number of aliphatic hydroxyl groups excluding tert-OH is 2. The second-order valence-corrected chi connectivity index (χ2v) is 24.9. The van der Waals surface area contributed by atoms with Crippen LogP contribution in [0.4, 0.5) is 0 Å². The van der Waals surface area contributed by atoms with E-state index in [1.807, 2.05) is 0 Å². The summed E-state index contributed by atoms with van der Waals surface area (Å²) in [6, 6.07) is -0.538. The summed E-state index contributed by atoms with van der Waals surface area (Å²) in [6.45, 7) is 4.96. The fourth-order valence-electron chi connectivity index (χ4n) is 11.5. The average Bonchev–Trinajstić information content (AvgIpc) is 3.45. The Labute approximate surface area is 494 Å². The van der Waals surface area contributed by atoms with Gasteiger partial charge in [-0.1, -0.05) is 359 Å². The van der Waals surface area contributed by atoms with E-state index in [0.717, 1.165) is 51.4 Å². The molecule has 6 heteroatoms. The Balaban J connectivity index is 3.32. The molecule has 0 saturated heterocycles. The second kappa shape index (κ2) is 68.8. The zero-order valence-electron chi connectivity index (χ0n) is 53.6. The van der Waals surface area contributed by atoms with E-state index in [9.17, 15) is 19.8 Å². The maximum Gasteiger partial charge on any atom is 0.305 e. The van der Waals surface area contributed by atoms with E-state index in [2.05, 4.69) is 43.5 Å². The number of unbranched alkanes of at least 4 members (excludes halogenated alkanes) is 53. The van der Waals surface area contributed by atoms with Gasteiger partial charge in [0, 0.05) is 12.8 Å². The summed E-state index contributed by atoms with van der Waals surface area (Å²) in [5.41, 5.74) is 0. The minimum atomic E-state index is -0.662. The first-order valence-corrected chi connectivity index (χ1v) is 36.1.